The van der Waals surface area contributed by atoms with Crippen LogP contribution in [0.4, 0.5) is 0 Å². The first-order chi connectivity index (χ1) is 9.97. The van der Waals surface area contributed by atoms with Gasteiger partial charge in [-0.1, -0.05) is 29.3 Å². The maximum atomic E-state index is 12.4. The normalized spacial score (nSPS) is 18.6. The number of halogens is 2. The number of carboxylic acid groups (broad SMARTS) is 1. The lowest BCUT2D eigenvalue weighted by molar-refractivity contribution is -0.141. The van der Waals surface area contributed by atoms with Gasteiger partial charge in [0.25, 0.3) is 0 Å². The summed E-state index contributed by atoms with van der Waals surface area (Å²) in [6.45, 7) is 0.613. The van der Waals surface area contributed by atoms with Crippen LogP contribution in [-0.2, 0) is 16.0 Å². The van der Waals surface area contributed by atoms with E-state index in [1.807, 2.05) is 0 Å². The van der Waals surface area contributed by atoms with E-state index >= 15 is 0 Å². The number of hydrogen-bond donors (Lipinski definition) is 1. The fourth-order valence-corrected chi connectivity index (χ4v) is 3.15. The minimum atomic E-state index is -0.871. The second kappa shape index (κ2) is 7.14. The summed E-state index contributed by atoms with van der Waals surface area (Å²) in [6.07, 6.45) is 2.79. The van der Waals surface area contributed by atoms with Gasteiger partial charge >= 0.3 is 5.97 Å². The van der Waals surface area contributed by atoms with E-state index in [0.717, 1.165) is 19.3 Å². The van der Waals surface area contributed by atoms with Crippen LogP contribution in [0.3, 0.4) is 0 Å². The zero-order chi connectivity index (χ0) is 15.4. The molecule has 0 saturated carbocycles. The number of nitrogens with zero attached hydrogens (tertiary/aromatic N) is 1. The van der Waals surface area contributed by atoms with Crippen molar-refractivity contribution >= 4 is 35.1 Å². The van der Waals surface area contributed by atoms with Crippen LogP contribution >= 0.6 is 23.2 Å². The van der Waals surface area contributed by atoms with Crippen LogP contribution in [-0.4, -0.2) is 34.5 Å². The summed E-state index contributed by atoms with van der Waals surface area (Å²) >= 11 is 11.9. The zero-order valence-electron chi connectivity index (χ0n) is 11.5. The minimum absolute atomic E-state index is 0.0000893. The average molecular weight is 330 g/mol. The number of carbonyl (C=O) groups excluding carboxylic acids is 1. The highest BCUT2D eigenvalue weighted by Crippen LogP contribution is 2.24. The van der Waals surface area contributed by atoms with Crippen LogP contribution in [0.1, 0.15) is 31.2 Å². The monoisotopic (exact) mass is 329 g/mol. The van der Waals surface area contributed by atoms with Crippen molar-refractivity contribution in [2.45, 2.75) is 38.1 Å². The Labute approximate surface area is 133 Å². The molecule has 1 N–H and O–H groups in total. The van der Waals surface area contributed by atoms with Gasteiger partial charge < -0.3 is 10.0 Å². The molecule has 1 amide bonds. The topological polar surface area (TPSA) is 57.6 Å². The van der Waals surface area contributed by atoms with Crippen LogP contribution in [0.25, 0.3) is 0 Å². The second-order valence-corrected chi connectivity index (χ2v) is 6.09. The average Bonchev–Trinajstić information content (AvgIpc) is 2.42. The molecule has 1 atom stereocenters. The molecule has 0 spiro atoms. The number of carbonyl (C=O) groups is 2. The number of rotatable bonds is 4. The van der Waals surface area contributed by atoms with Gasteiger partial charge in [-0.05, 0) is 37.0 Å². The summed E-state index contributed by atoms with van der Waals surface area (Å²) in [6, 6.07) is 4.82. The Bertz CT molecular complexity index is 548. The molecule has 1 fully saturated rings. The van der Waals surface area contributed by atoms with Gasteiger partial charge in [0.15, 0.2) is 0 Å². The maximum absolute atomic E-state index is 12.4. The first-order valence-corrected chi connectivity index (χ1v) is 7.68. The molecule has 0 aromatic heterocycles. The van der Waals surface area contributed by atoms with E-state index in [1.165, 1.54) is 0 Å². The van der Waals surface area contributed by atoms with Gasteiger partial charge in [-0.3, -0.25) is 9.59 Å². The molecule has 2 rings (SSSR count). The molecule has 4 nitrogen and oxygen atoms in total. The van der Waals surface area contributed by atoms with Crippen molar-refractivity contribution in [2.24, 2.45) is 0 Å². The Morgan fingerprint density at radius 3 is 2.71 bits per heavy atom. The highest BCUT2D eigenvalue weighted by Gasteiger charge is 2.28. The highest BCUT2D eigenvalue weighted by molar-refractivity contribution is 6.35. The van der Waals surface area contributed by atoms with Gasteiger partial charge in [-0.15, -0.1) is 0 Å². The third-order valence-electron chi connectivity index (χ3n) is 3.71. The van der Waals surface area contributed by atoms with Gasteiger partial charge in [-0.25, -0.2) is 0 Å². The Morgan fingerprint density at radius 1 is 1.29 bits per heavy atom. The van der Waals surface area contributed by atoms with Gasteiger partial charge in [0.1, 0.15) is 0 Å². The molecule has 6 heteroatoms. The fourth-order valence-electron chi connectivity index (χ4n) is 2.67. The summed E-state index contributed by atoms with van der Waals surface area (Å²) in [5.41, 5.74) is 0.714. The molecule has 1 unspecified atom stereocenters. The van der Waals surface area contributed by atoms with Gasteiger partial charge in [0, 0.05) is 22.6 Å². The summed E-state index contributed by atoms with van der Waals surface area (Å²) in [7, 11) is 0. The minimum Gasteiger partial charge on any atom is -0.481 e. The van der Waals surface area contributed by atoms with E-state index in [9.17, 15) is 9.59 Å². The molecular formula is C15H17Cl2NO3. The first kappa shape index (κ1) is 16.1. The van der Waals surface area contributed by atoms with Crippen molar-refractivity contribution < 1.29 is 14.7 Å². The zero-order valence-corrected chi connectivity index (χ0v) is 13.0. The number of aliphatic carboxylic acids is 1. The van der Waals surface area contributed by atoms with Crippen molar-refractivity contribution in [3.05, 3.63) is 33.8 Å². The SMILES string of the molecule is O=C(O)CC1CCCCN1C(=O)Cc1ccc(Cl)cc1Cl. The number of amides is 1. The number of carboxylic acids is 1. The standard InChI is InChI=1S/C15H17Cl2NO3/c16-11-5-4-10(13(17)8-11)7-14(19)18-6-2-1-3-12(18)9-15(20)21/h4-5,8,12H,1-3,6-7,9H2,(H,20,21). The fraction of sp³-hybridized carbons (Fsp3) is 0.467. The highest BCUT2D eigenvalue weighted by atomic mass is 35.5. The lowest BCUT2D eigenvalue weighted by Crippen LogP contribution is -2.45. The predicted molar refractivity (Wildman–Crippen MR) is 81.8 cm³/mol. The molecule has 21 heavy (non-hydrogen) atoms. The smallest absolute Gasteiger partial charge is 0.305 e. The van der Waals surface area contributed by atoms with E-state index in [-0.39, 0.29) is 24.8 Å². The van der Waals surface area contributed by atoms with Crippen LogP contribution in [0, 0.1) is 0 Å². The lowest BCUT2D eigenvalue weighted by Gasteiger charge is -2.35. The molecule has 1 aliphatic rings. The predicted octanol–water partition coefficient (Wildman–Crippen LogP) is 3.39. The van der Waals surface area contributed by atoms with Gasteiger partial charge in [0.2, 0.25) is 5.91 Å². The molecule has 0 radical (unpaired) electrons. The van der Waals surface area contributed by atoms with E-state index in [4.69, 9.17) is 28.3 Å². The summed E-state index contributed by atoms with van der Waals surface area (Å²) in [5.74, 6) is -0.950. The van der Waals surface area contributed by atoms with Crippen LogP contribution in [0.15, 0.2) is 18.2 Å². The molecule has 1 heterocycles. The Balaban J connectivity index is 2.08. The van der Waals surface area contributed by atoms with Crippen molar-refractivity contribution in [3.63, 3.8) is 0 Å². The summed E-state index contributed by atoms with van der Waals surface area (Å²) in [5, 5.41) is 9.94. The molecule has 1 aromatic carbocycles. The summed E-state index contributed by atoms with van der Waals surface area (Å²) < 4.78 is 0. The van der Waals surface area contributed by atoms with Gasteiger partial charge in [-0.2, -0.15) is 0 Å². The first-order valence-electron chi connectivity index (χ1n) is 6.92. The van der Waals surface area contributed by atoms with Crippen LogP contribution < -0.4 is 0 Å². The largest absolute Gasteiger partial charge is 0.481 e. The van der Waals surface area contributed by atoms with Crippen molar-refractivity contribution in [3.8, 4) is 0 Å². The molecule has 114 valence electrons. The quantitative estimate of drug-likeness (QED) is 0.921. The van der Waals surface area contributed by atoms with Crippen molar-refractivity contribution in [2.75, 3.05) is 6.54 Å². The van der Waals surface area contributed by atoms with E-state index in [2.05, 4.69) is 0 Å². The van der Waals surface area contributed by atoms with Crippen molar-refractivity contribution in [1.82, 2.24) is 4.90 Å². The van der Waals surface area contributed by atoms with E-state index < -0.39 is 5.97 Å². The number of likely N-dealkylation sites (tertiary alicyclic amines) is 1. The Hall–Kier alpha value is -1.26. The summed E-state index contributed by atoms with van der Waals surface area (Å²) in [4.78, 5) is 25.0. The number of hydrogen-bond acceptors (Lipinski definition) is 2. The number of benzene rings is 1. The third kappa shape index (κ3) is 4.35. The number of piperidine rings is 1. The van der Waals surface area contributed by atoms with Crippen LogP contribution in [0.5, 0.6) is 0 Å². The second-order valence-electron chi connectivity index (χ2n) is 5.25. The van der Waals surface area contributed by atoms with Crippen LogP contribution in [0.2, 0.25) is 10.0 Å². The Morgan fingerprint density at radius 2 is 2.05 bits per heavy atom. The van der Waals surface area contributed by atoms with Gasteiger partial charge in [0.05, 0.1) is 12.8 Å². The molecule has 1 saturated heterocycles. The molecule has 0 bridgehead atoms. The third-order valence-corrected chi connectivity index (χ3v) is 4.30. The maximum Gasteiger partial charge on any atom is 0.305 e. The lowest BCUT2D eigenvalue weighted by atomic mass is 9.98. The van der Waals surface area contributed by atoms with E-state index in [0.29, 0.717) is 22.2 Å². The molecule has 1 aromatic rings. The molecular weight excluding hydrogens is 313 g/mol. The molecule has 1 aliphatic heterocycles. The Kier molecular flexibility index (Phi) is 5.48. The van der Waals surface area contributed by atoms with E-state index in [1.54, 1.807) is 23.1 Å². The van der Waals surface area contributed by atoms with Crippen molar-refractivity contribution in [1.29, 1.82) is 0 Å². The molecule has 0 aliphatic carbocycles.